The van der Waals surface area contributed by atoms with Gasteiger partial charge >= 0.3 is 0 Å². The van der Waals surface area contributed by atoms with E-state index in [-0.39, 0.29) is 0 Å². The van der Waals surface area contributed by atoms with Gasteiger partial charge in [0.25, 0.3) is 0 Å². The molecule has 0 atom stereocenters. The first-order valence-electron chi connectivity index (χ1n) is 12.0. The normalized spacial score (nSPS) is 13.5. The zero-order valence-electron chi connectivity index (χ0n) is 18.8. The fourth-order valence-electron chi connectivity index (χ4n) is 6.60. The van der Waals surface area contributed by atoms with Crippen molar-refractivity contribution in [2.45, 2.75) is 12.8 Å². The van der Waals surface area contributed by atoms with E-state index in [0.717, 1.165) is 35.2 Å². The molecule has 0 aliphatic heterocycles. The minimum atomic E-state index is 0.773. The molecule has 2 aliphatic rings. The number of nitrogens with zero attached hydrogens (tertiary/aromatic N) is 4. The van der Waals surface area contributed by atoms with Crippen LogP contribution >= 0.6 is 0 Å². The Kier molecular flexibility index (Phi) is 3.11. The van der Waals surface area contributed by atoms with E-state index in [1.54, 1.807) is 0 Å². The van der Waals surface area contributed by atoms with Gasteiger partial charge in [0.05, 0.1) is 17.2 Å². The van der Waals surface area contributed by atoms with Gasteiger partial charge in [0.15, 0.2) is 5.65 Å². The largest absolute Gasteiger partial charge is 0.288 e. The molecule has 0 N–H and O–H groups in total. The number of hydrogen-bond acceptors (Lipinski definition) is 3. The highest BCUT2D eigenvalue weighted by molar-refractivity contribution is 6.16. The summed E-state index contributed by atoms with van der Waals surface area (Å²) >= 11 is 0. The van der Waals surface area contributed by atoms with Crippen LogP contribution < -0.4 is 0 Å². The van der Waals surface area contributed by atoms with Crippen molar-refractivity contribution in [1.82, 2.24) is 19.4 Å². The Morgan fingerprint density at radius 1 is 0.657 bits per heavy atom. The number of pyridine rings is 3. The molecule has 0 unspecified atom stereocenters. The Labute approximate surface area is 200 Å². The number of benzene rings is 3. The molecule has 0 amide bonds. The van der Waals surface area contributed by atoms with Gasteiger partial charge in [-0.3, -0.25) is 9.38 Å². The van der Waals surface area contributed by atoms with Crippen molar-refractivity contribution in [3.8, 4) is 22.3 Å². The molecule has 35 heavy (non-hydrogen) atoms. The van der Waals surface area contributed by atoms with Crippen molar-refractivity contribution in [2.24, 2.45) is 0 Å². The highest BCUT2D eigenvalue weighted by Gasteiger charge is 2.30. The first-order chi connectivity index (χ1) is 17.4. The molecule has 4 aromatic heterocycles. The van der Waals surface area contributed by atoms with Crippen LogP contribution in [-0.4, -0.2) is 19.4 Å². The number of fused-ring (bicyclic) bond motifs is 16. The van der Waals surface area contributed by atoms with E-state index < -0.39 is 0 Å². The van der Waals surface area contributed by atoms with Crippen LogP contribution in [0.15, 0.2) is 85.3 Å². The topological polar surface area (TPSA) is 43.1 Å². The SMILES string of the molecule is c1ccc2c(c1)Cc1c-2ccc2c1-c1ccc3c4ccncc4n4c5cccnc5nc4c3c1C2. The van der Waals surface area contributed by atoms with Gasteiger partial charge in [-0.15, -0.1) is 0 Å². The van der Waals surface area contributed by atoms with Crippen LogP contribution in [0.1, 0.15) is 22.3 Å². The maximum atomic E-state index is 5.06. The van der Waals surface area contributed by atoms with Crippen molar-refractivity contribution < 1.29 is 0 Å². The third-order valence-corrected chi connectivity index (χ3v) is 8.01. The second-order valence-electron chi connectivity index (χ2n) is 9.66. The summed E-state index contributed by atoms with van der Waals surface area (Å²) in [5, 5.41) is 3.67. The van der Waals surface area contributed by atoms with Gasteiger partial charge in [0, 0.05) is 23.2 Å². The van der Waals surface area contributed by atoms with E-state index in [9.17, 15) is 0 Å². The van der Waals surface area contributed by atoms with E-state index in [0.29, 0.717) is 0 Å². The lowest BCUT2D eigenvalue weighted by molar-refractivity contribution is 1.23. The summed E-state index contributed by atoms with van der Waals surface area (Å²) in [6.07, 6.45) is 7.58. The second kappa shape index (κ2) is 6.10. The van der Waals surface area contributed by atoms with Gasteiger partial charge in [-0.05, 0) is 80.9 Å². The minimum Gasteiger partial charge on any atom is -0.288 e. The maximum absolute atomic E-state index is 5.06. The standard InChI is InChI=1S/C31H18N4/c1-2-5-19-17(4-1)14-24-20(19)8-7-18-15-25-23(28(18)24)10-9-22-21-11-13-32-16-27(21)35-26-6-3-12-33-30(26)34-31(35)29(22)25/h1-13,16H,14-15H2. The van der Waals surface area contributed by atoms with E-state index in [4.69, 9.17) is 4.98 Å². The summed E-state index contributed by atoms with van der Waals surface area (Å²) in [4.78, 5) is 14.1. The zero-order valence-corrected chi connectivity index (χ0v) is 18.8. The molecular formula is C31H18N4. The van der Waals surface area contributed by atoms with Crippen LogP contribution in [0.5, 0.6) is 0 Å². The van der Waals surface area contributed by atoms with Crippen LogP contribution in [0, 0.1) is 0 Å². The molecule has 162 valence electrons. The molecule has 0 fully saturated rings. The summed E-state index contributed by atoms with van der Waals surface area (Å²) < 4.78 is 2.25. The quantitative estimate of drug-likeness (QED) is 0.243. The summed E-state index contributed by atoms with van der Waals surface area (Å²) in [5.74, 6) is 0. The van der Waals surface area contributed by atoms with Crippen LogP contribution in [-0.2, 0) is 12.8 Å². The second-order valence-corrected chi connectivity index (χ2v) is 9.66. The molecule has 0 saturated carbocycles. The average Bonchev–Trinajstić information content (AvgIpc) is 3.59. The van der Waals surface area contributed by atoms with Crippen molar-refractivity contribution in [3.05, 3.63) is 108 Å². The first-order valence-corrected chi connectivity index (χ1v) is 12.0. The highest BCUT2D eigenvalue weighted by atomic mass is 15.1. The average molecular weight is 447 g/mol. The Morgan fingerprint density at radius 3 is 2.57 bits per heavy atom. The summed E-state index contributed by atoms with van der Waals surface area (Å²) in [6.45, 7) is 0. The monoisotopic (exact) mass is 446 g/mol. The molecule has 9 rings (SSSR count). The van der Waals surface area contributed by atoms with Gasteiger partial charge in [0.1, 0.15) is 5.65 Å². The molecule has 4 heteroatoms. The maximum Gasteiger partial charge on any atom is 0.178 e. The number of hydrogen-bond donors (Lipinski definition) is 0. The van der Waals surface area contributed by atoms with E-state index in [1.165, 1.54) is 60.7 Å². The van der Waals surface area contributed by atoms with Gasteiger partial charge in [-0.2, -0.15) is 0 Å². The lowest BCUT2D eigenvalue weighted by Crippen LogP contribution is -1.95. The molecule has 7 aromatic rings. The Morgan fingerprint density at radius 2 is 1.57 bits per heavy atom. The van der Waals surface area contributed by atoms with Crippen LogP contribution in [0.3, 0.4) is 0 Å². The Bertz CT molecular complexity index is 2070. The molecule has 4 heterocycles. The van der Waals surface area contributed by atoms with Crippen molar-refractivity contribution in [3.63, 3.8) is 0 Å². The van der Waals surface area contributed by atoms with Gasteiger partial charge in [-0.25, -0.2) is 9.97 Å². The molecule has 3 aromatic carbocycles. The van der Waals surface area contributed by atoms with Gasteiger partial charge < -0.3 is 0 Å². The van der Waals surface area contributed by atoms with Gasteiger partial charge in [-0.1, -0.05) is 48.5 Å². The molecule has 0 spiro atoms. The summed E-state index contributed by atoms with van der Waals surface area (Å²) in [5.41, 5.74) is 15.1. The van der Waals surface area contributed by atoms with Crippen molar-refractivity contribution >= 4 is 38.5 Å². The Balaban J connectivity index is 1.44. The Hall–Kier alpha value is -4.57. The van der Waals surface area contributed by atoms with Crippen molar-refractivity contribution in [2.75, 3.05) is 0 Å². The predicted molar refractivity (Wildman–Crippen MR) is 140 cm³/mol. The molecule has 4 nitrogen and oxygen atoms in total. The third-order valence-electron chi connectivity index (χ3n) is 8.01. The number of imidazole rings is 1. The zero-order chi connectivity index (χ0) is 22.7. The van der Waals surface area contributed by atoms with E-state index in [1.807, 2.05) is 24.7 Å². The smallest absolute Gasteiger partial charge is 0.178 e. The van der Waals surface area contributed by atoms with Crippen LogP contribution in [0.4, 0.5) is 0 Å². The number of aromatic nitrogens is 4. The molecule has 0 radical (unpaired) electrons. The molecule has 0 saturated heterocycles. The third kappa shape index (κ3) is 2.11. The van der Waals surface area contributed by atoms with Crippen molar-refractivity contribution in [1.29, 1.82) is 0 Å². The molecule has 0 bridgehead atoms. The lowest BCUT2D eigenvalue weighted by atomic mass is 9.94. The minimum absolute atomic E-state index is 0.773. The summed E-state index contributed by atoms with van der Waals surface area (Å²) in [6, 6.07) is 24.3. The van der Waals surface area contributed by atoms with E-state index >= 15 is 0 Å². The van der Waals surface area contributed by atoms with E-state index in [2.05, 4.69) is 75.0 Å². The predicted octanol–water partition coefficient (Wildman–Crippen LogP) is 6.73. The summed E-state index contributed by atoms with van der Waals surface area (Å²) in [7, 11) is 0. The lowest BCUT2D eigenvalue weighted by Gasteiger charge is -2.13. The fourth-order valence-corrected chi connectivity index (χ4v) is 6.60. The fraction of sp³-hybridized carbons (Fsp3) is 0.0645. The number of rotatable bonds is 0. The molecule has 2 aliphatic carbocycles. The first kappa shape index (κ1) is 17.8. The van der Waals surface area contributed by atoms with Crippen LogP contribution in [0.2, 0.25) is 0 Å². The van der Waals surface area contributed by atoms with Crippen LogP contribution in [0.25, 0.3) is 60.7 Å². The molecular weight excluding hydrogens is 428 g/mol. The highest BCUT2D eigenvalue weighted by Crippen LogP contribution is 2.50. The van der Waals surface area contributed by atoms with Gasteiger partial charge in [0.2, 0.25) is 0 Å².